The Hall–Kier alpha value is -1.75. The fourth-order valence-electron chi connectivity index (χ4n) is 4.08. The van der Waals surface area contributed by atoms with Crippen molar-refractivity contribution >= 4 is 38.0 Å². The predicted octanol–water partition coefficient (Wildman–Crippen LogP) is 6.34. The second-order valence-electron chi connectivity index (χ2n) is 7.76. The molecule has 6 heteroatoms. The van der Waals surface area contributed by atoms with Gasteiger partial charge in [0.25, 0.3) is 0 Å². The average Bonchev–Trinajstić information content (AvgIpc) is 3.26. The van der Waals surface area contributed by atoms with Crippen LogP contribution in [0.4, 0.5) is 0 Å². The molecule has 0 aliphatic carbocycles. The van der Waals surface area contributed by atoms with Crippen molar-refractivity contribution in [1.29, 1.82) is 5.26 Å². The SMILES string of the molecule is Cc1cc(C(C)C(SC#P)C(C#N)C(=O)N2CCC(c3ccccc3)C2)ccc1Cl. The monoisotopic (exact) mass is 454 g/mol. The van der Waals surface area contributed by atoms with Crippen molar-refractivity contribution in [2.45, 2.75) is 37.4 Å². The third-order valence-electron chi connectivity index (χ3n) is 5.89. The summed E-state index contributed by atoms with van der Waals surface area (Å²) < 4.78 is 0. The normalized spacial score (nSPS) is 18.8. The summed E-state index contributed by atoms with van der Waals surface area (Å²) in [6, 6.07) is 18.4. The first-order chi connectivity index (χ1) is 14.5. The molecule has 0 saturated carbocycles. The van der Waals surface area contributed by atoms with E-state index >= 15 is 0 Å². The van der Waals surface area contributed by atoms with Gasteiger partial charge in [-0.05, 0) is 0 Å². The minimum absolute atomic E-state index is 0.0354. The van der Waals surface area contributed by atoms with Crippen LogP contribution in [0.15, 0.2) is 48.5 Å². The molecule has 4 atom stereocenters. The summed E-state index contributed by atoms with van der Waals surface area (Å²) in [5, 5.41) is 10.4. The number of benzene rings is 2. The predicted molar refractivity (Wildman–Crippen MR) is 126 cm³/mol. The number of carbonyl (C=O) groups excluding carboxylic acids is 1. The van der Waals surface area contributed by atoms with Crippen molar-refractivity contribution in [1.82, 2.24) is 4.90 Å². The maximum absolute atomic E-state index is 13.3. The molecule has 30 heavy (non-hydrogen) atoms. The Balaban J connectivity index is 1.79. The van der Waals surface area contributed by atoms with E-state index in [-0.39, 0.29) is 17.1 Å². The molecule has 1 saturated heterocycles. The van der Waals surface area contributed by atoms with Gasteiger partial charge in [0.1, 0.15) is 0 Å². The van der Waals surface area contributed by atoms with E-state index in [9.17, 15) is 10.1 Å². The molecule has 1 amide bonds. The second-order valence-corrected chi connectivity index (χ2v) is 9.68. The second kappa shape index (κ2) is 10.5. The molecule has 0 aromatic heterocycles. The van der Waals surface area contributed by atoms with Crippen molar-refractivity contribution in [3.8, 4) is 11.0 Å². The minimum atomic E-state index is -0.768. The first-order valence-corrected chi connectivity index (χ1v) is 11.7. The van der Waals surface area contributed by atoms with Gasteiger partial charge in [-0.2, -0.15) is 0 Å². The summed E-state index contributed by atoms with van der Waals surface area (Å²) in [5.41, 5.74) is 3.28. The van der Waals surface area contributed by atoms with E-state index in [0.29, 0.717) is 24.0 Å². The molecular weight excluding hydrogens is 431 g/mol. The zero-order valence-electron chi connectivity index (χ0n) is 17.1. The van der Waals surface area contributed by atoms with Gasteiger partial charge in [0.05, 0.1) is 0 Å². The standard InChI is InChI=1S/C24H24ClN2OPS/c1-16-12-19(8-9-22(16)25)17(2)23(30-15-29)21(13-26)24(28)27-11-10-20(14-27)18-6-4-3-5-7-18/h3-9,12,17,20-21,23H,10-11,14H2,1-2H3. The number of amides is 1. The molecule has 1 aliphatic rings. The number of hydrogen-bond acceptors (Lipinski definition) is 3. The van der Waals surface area contributed by atoms with Crippen LogP contribution < -0.4 is 0 Å². The summed E-state index contributed by atoms with van der Waals surface area (Å²) in [6.07, 6.45) is 0.919. The summed E-state index contributed by atoms with van der Waals surface area (Å²) >= 11 is 7.49. The number of rotatable bonds is 6. The Kier molecular flexibility index (Phi) is 8.04. The van der Waals surface area contributed by atoms with E-state index in [1.807, 2.05) is 55.1 Å². The molecule has 2 aromatic rings. The molecule has 3 nitrogen and oxygen atoms in total. The Morgan fingerprint density at radius 1 is 1.30 bits per heavy atom. The summed E-state index contributed by atoms with van der Waals surface area (Å²) in [6.45, 7) is 5.33. The van der Waals surface area contributed by atoms with Crippen LogP contribution in [0.5, 0.6) is 0 Å². The van der Waals surface area contributed by atoms with Crippen molar-refractivity contribution in [3.05, 3.63) is 70.2 Å². The number of nitrogens with zero attached hydrogens (tertiary/aromatic N) is 2. The summed E-state index contributed by atoms with van der Waals surface area (Å²) in [5.74, 6) is -0.587. The first-order valence-electron chi connectivity index (χ1n) is 10.0. The van der Waals surface area contributed by atoms with E-state index in [0.717, 1.165) is 17.5 Å². The van der Waals surface area contributed by atoms with E-state index in [1.54, 1.807) is 0 Å². The Labute approximate surface area is 190 Å². The average molecular weight is 455 g/mol. The van der Waals surface area contributed by atoms with Gasteiger partial charge in [0, 0.05) is 0 Å². The zero-order chi connectivity index (χ0) is 21.7. The quantitative estimate of drug-likeness (QED) is 0.478. The number of hydrogen-bond donors (Lipinski definition) is 0. The van der Waals surface area contributed by atoms with Crippen molar-refractivity contribution in [2.24, 2.45) is 5.92 Å². The molecule has 1 aliphatic heterocycles. The van der Waals surface area contributed by atoms with Gasteiger partial charge < -0.3 is 0 Å². The third-order valence-corrected chi connectivity index (χ3v) is 7.69. The molecule has 1 fully saturated rings. The Morgan fingerprint density at radius 3 is 2.67 bits per heavy atom. The maximum atomic E-state index is 13.3. The first kappa shape index (κ1) is 22.9. The molecule has 2 aromatic carbocycles. The number of halogens is 1. The number of aryl methyl sites for hydroxylation is 1. The van der Waals surface area contributed by atoms with E-state index in [4.69, 9.17) is 11.6 Å². The molecular formula is C24H24ClN2OPS. The summed E-state index contributed by atoms with van der Waals surface area (Å²) in [7, 11) is 4.13. The van der Waals surface area contributed by atoms with Crippen LogP contribution in [0, 0.1) is 29.1 Å². The van der Waals surface area contributed by atoms with Crippen LogP contribution in [0.3, 0.4) is 0 Å². The third kappa shape index (κ3) is 5.11. The summed E-state index contributed by atoms with van der Waals surface area (Å²) in [4.78, 5) is 18.0. The van der Waals surface area contributed by atoms with Crippen LogP contribution in [-0.2, 0) is 4.79 Å². The van der Waals surface area contributed by atoms with Gasteiger partial charge in [-0.15, -0.1) is 0 Å². The van der Waals surface area contributed by atoms with Gasteiger partial charge in [0.15, 0.2) is 0 Å². The number of carbonyl (C=O) groups is 1. The fraction of sp³-hybridized carbons (Fsp3) is 0.375. The number of thioether (sulfide) groups is 1. The van der Waals surface area contributed by atoms with E-state index < -0.39 is 5.92 Å². The Bertz CT molecular complexity index is 985. The van der Waals surface area contributed by atoms with Crippen molar-refractivity contribution in [3.63, 3.8) is 0 Å². The molecule has 0 N–H and O–H groups in total. The van der Waals surface area contributed by atoms with Gasteiger partial charge in [-0.25, -0.2) is 0 Å². The van der Waals surface area contributed by atoms with Crippen LogP contribution in [0.2, 0.25) is 5.02 Å². The van der Waals surface area contributed by atoms with Crippen LogP contribution >= 0.6 is 32.1 Å². The molecule has 0 radical (unpaired) electrons. The van der Waals surface area contributed by atoms with Crippen molar-refractivity contribution < 1.29 is 4.79 Å². The van der Waals surface area contributed by atoms with Gasteiger partial charge in [-0.1, -0.05) is 0 Å². The molecule has 0 bridgehead atoms. The van der Waals surface area contributed by atoms with Crippen LogP contribution in [0.25, 0.3) is 0 Å². The van der Waals surface area contributed by atoms with Crippen LogP contribution in [-0.4, -0.2) is 29.1 Å². The number of nitriles is 1. The zero-order valence-corrected chi connectivity index (χ0v) is 19.6. The Morgan fingerprint density at radius 2 is 2.03 bits per heavy atom. The molecule has 3 rings (SSSR count). The van der Waals surface area contributed by atoms with Gasteiger partial charge >= 0.3 is 191 Å². The van der Waals surface area contributed by atoms with Crippen molar-refractivity contribution in [2.75, 3.05) is 13.1 Å². The van der Waals surface area contributed by atoms with Gasteiger partial charge in [0.2, 0.25) is 0 Å². The van der Waals surface area contributed by atoms with E-state index in [2.05, 4.69) is 31.9 Å². The number of likely N-dealkylation sites (tertiary alicyclic amines) is 1. The molecule has 4 unspecified atom stereocenters. The van der Waals surface area contributed by atoms with Crippen LogP contribution in [0.1, 0.15) is 41.9 Å². The topological polar surface area (TPSA) is 44.1 Å². The molecule has 0 spiro atoms. The fourth-order valence-corrected chi connectivity index (χ4v) is 5.36. The molecule has 154 valence electrons. The van der Waals surface area contributed by atoms with Gasteiger partial charge in [-0.3, -0.25) is 0 Å². The molecule has 1 heterocycles. The van der Waals surface area contributed by atoms with E-state index in [1.165, 1.54) is 17.3 Å².